The summed E-state index contributed by atoms with van der Waals surface area (Å²) in [4.78, 5) is 26.7. The molecule has 0 unspecified atom stereocenters. The lowest BCUT2D eigenvalue weighted by molar-refractivity contribution is -0.119. The molecule has 0 aliphatic rings. The molecule has 1 atom stereocenters. The third kappa shape index (κ3) is 3.44. The number of rotatable bonds is 4. The molecule has 2 heterocycles. The van der Waals surface area contributed by atoms with Crippen LogP contribution in [0.15, 0.2) is 70.8 Å². The molecule has 0 radical (unpaired) electrons. The summed E-state index contributed by atoms with van der Waals surface area (Å²) in [7, 11) is 0. The van der Waals surface area contributed by atoms with Crippen molar-refractivity contribution >= 4 is 45.3 Å². The van der Waals surface area contributed by atoms with Crippen molar-refractivity contribution in [1.29, 1.82) is 0 Å². The van der Waals surface area contributed by atoms with E-state index in [4.69, 9.17) is 11.6 Å². The van der Waals surface area contributed by atoms with Gasteiger partial charge in [0, 0.05) is 16.1 Å². The minimum atomic E-state index is -0.796. The Morgan fingerprint density at radius 3 is 2.61 bits per heavy atom. The van der Waals surface area contributed by atoms with Crippen molar-refractivity contribution in [3.05, 3.63) is 81.4 Å². The normalized spacial score (nSPS) is 12.1. The molecule has 0 fully saturated rings. The summed E-state index contributed by atoms with van der Waals surface area (Å²) in [5, 5.41) is 11.1. The Morgan fingerprint density at radius 2 is 1.89 bits per heavy atom. The van der Waals surface area contributed by atoms with E-state index in [0.29, 0.717) is 21.8 Å². The Hall–Kier alpha value is -2.96. The summed E-state index contributed by atoms with van der Waals surface area (Å²) < 4.78 is 1.25. The highest BCUT2D eigenvalue weighted by Crippen LogP contribution is 2.29. The van der Waals surface area contributed by atoms with Crippen molar-refractivity contribution < 1.29 is 4.79 Å². The molecule has 7 heteroatoms. The number of aromatic nitrogens is 2. The molecule has 0 aliphatic heterocycles. The highest BCUT2D eigenvalue weighted by Gasteiger charge is 2.21. The molecular weight excluding hydrogens is 394 g/mol. The van der Waals surface area contributed by atoms with E-state index in [-0.39, 0.29) is 11.5 Å². The molecule has 0 saturated heterocycles. The molecule has 2 aromatic heterocycles. The highest BCUT2D eigenvalue weighted by molar-refractivity contribution is 7.13. The van der Waals surface area contributed by atoms with Gasteiger partial charge in [0.15, 0.2) is 0 Å². The van der Waals surface area contributed by atoms with Crippen LogP contribution in [0.5, 0.6) is 0 Å². The molecule has 4 rings (SSSR count). The monoisotopic (exact) mass is 409 g/mol. The first-order chi connectivity index (χ1) is 13.5. The van der Waals surface area contributed by atoms with Crippen LogP contribution >= 0.6 is 22.9 Å². The van der Waals surface area contributed by atoms with Crippen LogP contribution in [-0.4, -0.2) is 15.7 Å². The molecule has 0 spiro atoms. The van der Waals surface area contributed by atoms with Crippen molar-refractivity contribution in [2.24, 2.45) is 0 Å². The Kier molecular flexibility index (Phi) is 4.98. The van der Waals surface area contributed by atoms with Gasteiger partial charge in [-0.05, 0) is 42.6 Å². The van der Waals surface area contributed by atoms with Crippen LogP contribution in [0.25, 0.3) is 21.3 Å². The Balaban J connectivity index is 1.78. The lowest BCUT2D eigenvalue weighted by Crippen LogP contribution is -2.33. The second kappa shape index (κ2) is 7.58. The topological polar surface area (TPSA) is 64.0 Å². The average Bonchev–Trinajstić information content (AvgIpc) is 3.22. The lowest BCUT2D eigenvalue weighted by atomic mass is 10.1. The van der Waals surface area contributed by atoms with E-state index >= 15 is 0 Å². The maximum atomic E-state index is 13.0. The minimum absolute atomic E-state index is 0.301. The summed E-state index contributed by atoms with van der Waals surface area (Å²) in [6.45, 7) is 1.65. The number of amides is 1. The Morgan fingerprint density at radius 1 is 1.11 bits per heavy atom. The number of fused-ring (bicyclic) bond motifs is 1. The maximum absolute atomic E-state index is 13.0. The maximum Gasteiger partial charge on any atom is 0.275 e. The summed E-state index contributed by atoms with van der Waals surface area (Å²) in [5.41, 5.74) is 0.953. The number of benzene rings is 2. The number of anilines is 1. The van der Waals surface area contributed by atoms with Crippen LogP contribution < -0.4 is 10.9 Å². The summed E-state index contributed by atoms with van der Waals surface area (Å²) in [5.74, 6) is -0.343. The number of nitrogens with one attached hydrogen (secondary N) is 1. The number of hydrogen-bond donors (Lipinski definition) is 1. The van der Waals surface area contributed by atoms with Crippen LogP contribution in [0.1, 0.15) is 13.0 Å². The molecule has 5 nitrogen and oxygen atoms in total. The zero-order valence-electron chi connectivity index (χ0n) is 14.9. The first-order valence-electron chi connectivity index (χ1n) is 8.66. The smallest absolute Gasteiger partial charge is 0.275 e. The fourth-order valence-electron chi connectivity index (χ4n) is 2.99. The third-order valence-electron chi connectivity index (χ3n) is 4.42. The first kappa shape index (κ1) is 18.4. The Labute approximate surface area is 170 Å². The molecule has 140 valence electrons. The minimum Gasteiger partial charge on any atom is -0.324 e. The van der Waals surface area contributed by atoms with Crippen LogP contribution in [-0.2, 0) is 4.79 Å². The van der Waals surface area contributed by atoms with Crippen molar-refractivity contribution in [3.8, 4) is 10.6 Å². The molecule has 4 aromatic rings. The lowest BCUT2D eigenvalue weighted by Gasteiger charge is -2.16. The van der Waals surface area contributed by atoms with E-state index in [2.05, 4.69) is 10.4 Å². The number of carbonyl (C=O) groups is 1. The molecule has 0 bridgehead atoms. The number of hydrogen-bond acceptors (Lipinski definition) is 4. The predicted molar refractivity (Wildman–Crippen MR) is 114 cm³/mol. The van der Waals surface area contributed by atoms with Gasteiger partial charge in [0.05, 0.1) is 10.3 Å². The molecule has 0 saturated carbocycles. The zero-order valence-corrected chi connectivity index (χ0v) is 16.5. The van der Waals surface area contributed by atoms with Gasteiger partial charge in [-0.15, -0.1) is 11.3 Å². The van der Waals surface area contributed by atoms with Crippen LogP contribution in [0, 0.1) is 0 Å². The van der Waals surface area contributed by atoms with Gasteiger partial charge in [-0.3, -0.25) is 9.59 Å². The molecule has 1 amide bonds. The quantitative estimate of drug-likeness (QED) is 0.517. The second-order valence-corrected chi connectivity index (χ2v) is 7.68. The molecule has 1 N–H and O–H groups in total. The van der Waals surface area contributed by atoms with Gasteiger partial charge in [-0.25, -0.2) is 4.68 Å². The largest absolute Gasteiger partial charge is 0.324 e. The molecule has 2 aromatic carbocycles. The van der Waals surface area contributed by atoms with E-state index in [0.717, 1.165) is 10.3 Å². The van der Waals surface area contributed by atoms with Gasteiger partial charge in [0.25, 0.3) is 5.56 Å². The first-order valence-corrected chi connectivity index (χ1v) is 9.92. The standard InChI is InChI=1S/C21H16ClN3O2S/c1-13(20(26)23-15-7-4-6-14(22)12-15)25-21(27)17-9-3-2-8-16(17)19(24-25)18-10-5-11-28-18/h2-13H,1H3,(H,23,26)/t13-/m0/s1. The van der Waals surface area contributed by atoms with Gasteiger partial charge in [0.1, 0.15) is 11.7 Å². The van der Waals surface area contributed by atoms with Crippen molar-refractivity contribution in [2.45, 2.75) is 13.0 Å². The average molecular weight is 410 g/mol. The van der Waals surface area contributed by atoms with Crippen molar-refractivity contribution in [2.75, 3.05) is 5.32 Å². The van der Waals surface area contributed by atoms with E-state index in [1.165, 1.54) is 16.0 Å². The van der Waals surface area contributed by atoms with E-state index in [9.17, 15) is 9.59 Å². The van der Waals surface area contributed by atoms with E-state index in [1.807, 2.05) is 35.7 Å². The number of thiophene rings is 1. The van der Waals surface area contributed by atoms with Crippen molar-refractivity contribution in [3.63, 3.8) is 0 Å². The van der Waals surface area contributed by atoms with Crippen LogP contribution in [0.4, 0.5) is 5.69 Å². The fraction of sp³-hybridized carbons (Fsp3) is 0.0952. The number of halogens is 1. The fourth-order valence-corrected chi connectivity index (χ4v) is 3.90. The van der Waals surface area contributed by atoms with Crippen molar-refractivity contribution in [1.82, 2.24) is 9.78 Å². The predicted octanol–water partition coefficient (Wildman–Crippen LogP) is 4.98. The van der Waals surface area contributed by atoms with Gasteiger partial charge in [-0.1, -0.05) is 41.9 Å². The summed E-state index contributed by atoms with van der Waals surface area (Å²) in [6.07, 6.45) is 0. The van der Waals surface area contributed by atoms with Gasteiger partial charge >= 0.3 is 0 Å². The second-order valence-electron chi connectivity index (χ2n) is 6.30. The Bertz CT molecular complexity index is 1220. The number of carbonyl (C=O) groups excluding carboxylic acids is 1. The van der Waals surface area contributed by atoms with Gasteiger partial charge in [0.2, 0.25) is 5.91 Å². The number of nitrogens with zero attached hydrogens (tertiary/aromatic N) is 2. The molecular formula is C21H16ClN3O2S. The molecule has 0 aliphatic carbocycles. The molecule has 28 heavy (non-hydrogen) atoms. The van der Waals surface area contributed by atoms with E-state index < -0.39 is 6.04 Å². The summed E-state index contributed by atoms with van der Waals surface area (Å²) in [6, 6.07) is 17.3. The SMILES string of the molecule is C[C@@H](C(=O)Nc1cccc(Cl)c1)n1nc(-c2cccs2)c2ccccc2c1=O. The summed E-state index contributed by atoms with van der Waals surface area (Å²) >= 11 is 7.51. The van der Waals surface area contributed by atoms with Gasteiger partial charge in [-0.2, -0.15) is 5.10 Å². The third-order valence-corrected chi connectivity index (χ3v) is 5.53. The highest BCUT2D eigenvalue weighted by atomic mass is 35.5. The van der Waals surface area contributed by atoms with Crippen LogP contribution in [0.2, 0.25) is 5.02 Å². The van der Waals surface area contributed by atoms with E-state index in [1.54, 1.807) is 37.3 Å². The zero-order chi connectivity index (χ0) is 19.7. The van der Waals surface area contributed by atoms with Crippen LogP contribution in [0.3, 0.4) is 0 Å². The van der Waals surface area contributed by atoms with Gasteiger partial charge < -0.3 is 5.32 Å².